The van der Waals surface area contributed by atoms with Crippen molar-refractivity contribution in [2.75, 3.05) is 11.9 Å². The second-order valence-electron chi connectivity index (χ2n) is 6.70. The van der Waals surface area contributed by atoms with E-state index in [0.29, 0.717) is 12.5 Å². The smallest absolute Gasteiger partial charge is 0.254 e. The lowest BCUT2D eigenvalue weighted by molar-refractivity contribution is -0.118. The fourth-order valence-electron chi connectivity index (χ4n) is 3.41. The summed E-state index contributed by atoms with van der Waals surface area (Å²) < 4.78 is 5.52. The molecule has 5 nitrogen and oxygen atoms in total. The first-order valence-corrected chi connectivity index (χ1v) is 9.39. The molecule has 2 heterocycles. The van der Waals surface area contributed by atoms with Crippen molar-refractivity contribution in [3.8, 4) is 0 Å². The van der Waals surface area contributed by atoms with Crippen molar-refractivity contribution in [3.05, 3.63) is 16.0 Å². The number of nitrogens with one attached hydrogen (secondary N) is 2. The Morgan fingerprint density at radius 3 is 2.78 bits per heavy atom. The lowest BCUT2D eigenvalue weighted by atomic mass is 10.1. The number of anilines is 1. The fraction of sp³-hybridized carbons (Fsp3) is 0.647. The molecule has 1 saturated carbocycles. The first-order valence-electron chi connectivity index (χ1n) is 8.57. The molecule has 0 aromatic carbocycles. The Balaban J connectivity index is 1.50. The summed E-state index contributed by atoms with van der Waals surface area (Å²) in [6.45, 7) is 0.750. The highest BCUT2D eigenvalue weighted by Gasteiger charge is 2.31. The number of aryl methyl sites for hydroxylation is 1. The molecule has 124 valence electrons. The molecule has 1 atom stereocenters. The van der Waals surface area contributed by atoms with Gasteiger partial charge >= 0.3 is 0 Å². The average Bonchev–Trinajstić information content (AvgIpc) is 2.89. The lowest BCUT2D eigenvalue weighted by Gasteiger charge is -2.11. The van der Waals surface area contributed by atoms with Gasteiger partial charge in [-0.25, -0.2) is 0 Å². The molecule has 1 aromatic heterocycles. The number of thiophene rings is 1. The monoisotopic (exact) mass is 334 g/mol. The van der Waals surface area contributed by atoms with Crippen LogP contribution in [0.5, 0.6) is 0 Å². The van der Waals surface area contributed by atoms with E-state index in [0.717, 1.165) is 67.7 Å². The summed E-state index contributed by atoms with van der Waals surface area (Å²) in [5, 5.41) is 6.78. The van der Waals surface area contributed by atoms with Crippen LogP contribution in [0.3, 0.4) is 0 Å². The van der Waals surface area contributed by atoms with Gasteiger partial charge in [0.2, 0.25) is 5.91 Å². The summed E-state index contributed by atoms with van der Waals surface area (Å²) in [5.74, 6) is -0.0587. The van der Waals surface area contributed by atoms with Crippen LogP contribution in [0.4, 0.5) is 5.00 Å². The van der Waals surface area contributed by atoms with Crippen LogP contribution in [0.15, 0.2) is 0 Å². The molecular formula is C17H22N2O3S. The van der Waals surface area contributed by atoms with Crippen LogP contribution in [0.1, 0.15) is 59.3 Å². The Morgan fingerprint density at radius 2 is 2.04 bits per heavy atom. The van der Waals surface area contributed by atoms with E-state index < -0.39 is 0 Å². The van der Waals surface area contributed by atoms with Crippen LogP contribution in [-0.2, 0) is 22.4 Å². The molecule has 0 spiro atoms. The molecule has 4 rings (SSSR count). The number of carbonyl (C=O) groups is 2. The zero-order valence-electron chi connectivity index (χ0n) is 13.2. The maximum absolute atomic E-state index is 12.6. The molecule has 1 aromatic rings. The van der Waals surface area contributed by atoms with E-state index in [1.165, 1.54) is 4.88 Å². The Morgan fingerprint density at radius 1 is 1.17 bits per heavy atom. The number of rotatable bonds is 5. The van der Waals surface area contributed by atoms with Crippen molar-refractivity contribution in [2.45, 2.75) is 63.5 Å². The van der Waals surface area contributed by atoms with Gasteiger partial charge in [-0.05, 0) is 50.5 Å². The van der Waals surface area contributed by atoms with Crippen molar-refractivity contribution in [1.82, 2.24) is 5.32 Å². The minimum absolute atomic E-state index is 0.0145. The van der Waals surface area contributed by atoms with Crippen LogP contribution >= 0.6 is 11.3 Å². The topological polar surface area (TPSA) is 67.4 Å². The van der Waals surface area contributed by atoms with Gasteiger partial charge in [-0.2, -0.15) is 0 Å². The normalized spacial score (nSPS) is 22.9. The summed E-state index contributed by atoms with van der Waals surface area (Å²) >= 11 is 1.58. The summed E-state index contributed by atoms with van der Waals surface area (Å²) in [5.41, 5.74) is 1.87. The summed E-state index contributed by atoms with van der Waals surface area (Å²) in [7, 11) is 0. The van der Waals surface area contributed by atoms with Crippen LogP contribution in [0.2, 0.25) is 0 Å². The third-order valence-corrected chi connectivity index (χ3v) is 5.96. The van der Waals surface area contributed by atoms with E-state index in [4.69, 9.17) is 4.74 Å². The van der Waals surface area contributed by atoms with E-state index in [1.54, 1.807) is 11.3 Å². The van der Waals surface area contributed by atoms with Gasteiger partial charge in [0.25, 0.3) is 5.91 Å². The van der Waals surface area contributed by atoms with Crippen LogP contribution in [-0.4, -0.2) is 30.6 Å². The Labute approximate surface area is 139 Å². The third kappa shape index (κ3) is 3.28. The van der Waals surface area contributed by atoms with E-state index in [2.05, 4.69) is 10.6 Å². The number of hydrogen-bond donors (Lipinski definition) is 2. The van der Waals surface area contributed by atoms with Crippen molar-refractivity contribution in [1.29, 1.82) is 0 Å². The highest BCUT2D eigenvalue weighted by atomic mass is 32.1. The van der Waals surface area contributed by atoms with Gasteiger partial charge in [-0.15, -0.1) is 11.3 Å². The molecule has 2 N–H and O–H groups in total. The molecule has 1 saturated heterocycles. The zero-order chi connectivity index (χ0) is 15.8. The summed E-state index contributed by atoms with van der Waals surface area (Å²) in [4.78, 5) is 26.1. The van der Waals surface area contributed by atoms with E-state index in [9.17, 15) is 9.59 Å². The predicted octanol–water partition coefficient (Wildman–Crippen LogP) is 2.64. The number of amides is 2. The molecule has 1 aliphatic heterocycles. The van der Waals surface area contributed by atoms with Crippen LogP contribution < -0.4 is 10.6 Å². The summed E-state index contributed by atoms with van der Waals surface area (Å²) in [6, 6.07) is 0.329. The van der Waals surface area contributed by atoms with Crippen molar-refractivity contribution >= 4 is 28.2 Å². The minimum Gasteiger partial charge on any atom is -0.378 e. The molecule has 6 heteroatoms. The van der Waals surface area contributed by atoms with Gasteiger partial charge in [0, 0.05) is 17.5 Å². The van der Waals surface area contributed by atoms with Gasteiger partial charge in [0.1, 0.15) is 5.00 Å². The summed E-state index contributed by atoms with van der Waals surface area (Å²) in [6.07, 6.45) is 7.60. The van der Waals surface area contributed by atoms with Crippen molar-refractivity contribution in [3.63, 3.8) is 0 Å². The quantitative estimate of drug-likeness (QED) is 0.870. The molecule has 3 aliphatic rings. The molecule has 0 radical (unpaired) electrons. The van der Waals surface area contributed by atoms with Crippen LogP contribution in [0, 0.1) is 0 Å². The Bertz CT molecular complexity index is 630. The third-order valence-electron chi connectivity index (χ3n) is 4.75. The van der Waals surface area contributed by atoms with Crippen molar-refractivity contribution < 1.29 is 14.3 Å². The largest absolute Gasteiger partial charge is 0.378 e. The van der Waals surface area contributed by atoms with Crippen molar-refractivity contribution in [2.24, 2.45) is 0 Å². The number of ether oxygens (including phenoxy) is 1. The number of fused-ring (bicyclic) bond motifs is 1. The van der Waals surface area contributed by atoms with Gasteiger partial charge in [0.05, 0.1) is 18.1 Å². The van der Waals surface area contributed by atoms with E-state index in [1.807, 2.05) is 0 Å². The minimum atomic E-state index is -0.0442. The Kier molecular flexibility index (Phi) is 4.11. The first kappa shape index (κ1) is 15.1. The number of hydrogen-bond acceptors (Lipinski definition) is 4. The van der Waals surface area contributed by atoms with E-state index in [-0.39, 0.29) is 17.9 Å². The molecule has 23 heavy (non-hydrogen) atoms. The first-order chi connectivity index (χ1) is 11.2. The predicted molar refractivity (Wildman–Crippen MR) is 89.1 cm³/mol. The van der Waals surface area contributed by atoms with Crippen LogP contribution in [0.25, 0.3) is 0 Å². The standard InChI is InChI=1S/C17H22N2O3S/c20-14(9-11-3-2-8-22-11)19-17-15(16(21)18-10-6-7-10)12-4-1-5-13(12)23-17/h10-11H,1-9H2,(H,18,21)(H,19,20). The highest BCUT2D eigenvalue weighted by molar-refractivity contribution is 7.17. The molecular weight excluding hydrogens is 312 g/mol. The van der Waals surface area contributed by atoms with Gasteiger partial charge in [0.15, 0.2) is 0 Å². The lowest BCUT2D eigenvalue weighted by Crippen LogP contribution is -2.27. The second kappa shape index (κ2) is 6.24. The molecule has 2 amide bonds. The second-order valence-corrected chi connectivity index (χ2v) is 7.80. The fourth-order valence-corrected chi connectivity index (χ4v) is 4.71. The van der Waals surface area contributed by atoms with Gasteiger partial charge in [-0.1, -0.05) is 0 Å². The molecule has 1 unspecified atom stereocenters. The average molecular weight is 334 g/mol. The Hall–Kier alpha value is -1.40. The molecule has 0 bridgehead atoms. The molecule has 2 fully saturated rings. The molecule has 2 aliphatic carbocycles. The SMILES string of the molecule is O=C(CC1CCCO1)Nc1sc2c(c1C(=O)NC1CC1)CCC2. The van der Waals surface area contributed by atoms with Gasteiger partial charge < -0.3 is 15.4 Å². The maximum atomic E-state index is 12.6. The van der Waals surface area contributed by atoms with E-state index >= 15 is 0 Å². The number of carbonyl (C=O) groups excluding carboxylic acids is 2. The van der Waals surface area contributed by atoms with Gasteiger partial charge in [-0.3, -0.25) is 9.59 Å². The zero-order valence-corrected chi connectivity index (χ0v) is 14.0. The highest BCUT2D eigenvalue weighted by Crippen LogP contribution is 2.39. The maximum Gasteiger partial charge on any atom is 0.254 e.